The second kappa shape index (κ2) is 6.96. The van der Waals surface area contributed by atoms with Crippen LogP contribution in [0.15, 0.2) is 28.2 Å². The van der Waals surface area contributed by atoms with Crippen molar-refractivity contribution in [3.8, 4) is 0 Å². The van der Waals surface area contributed by atoms with Crippen LogP contribution < -0.4 is 0 Å². The van der Waals surface area contributed by atoms with Gasteiger partial charge in [0.1, 0.15) is 11.0 Å². The van der Waals surface area contributed by atoms with Gasteiger partial charge in [-0.3, -0.25) is 0 Å². The third-order valence-corrected chi connectivity index (χ3v) is 5.72. The molecule has 0 spiro atoms. The molecule has 0 unspecified atom stereocenters. The van der Waals surface area contributed by atoms with Gasteiger partial charge in [0.2, 0.25) is 0 Å². The molecule has 1 heterocycles. The highest BCUT2D eigenvalue weighted by Gasteiger charge is 2.36. The molecular weight excluding hydrogens is 314 g/mol. The zero-order chi connectivity index (χ0) is 17.1. The van der Waals surface area contributed by atoms with E-state index < -0.39 is 0 Å². The van der Waals surface area contributed by atoms with Gasteiger partial charge in [-0.25, -0.2) is 9.98 Å². The van der Waals surface area contributed by atoms with Crippen molar-refractivity contribution in [2.45, 2.75) is 75.8 Å². The Labute approximate surface area is 147 Å². The monoisotopic (exact) mass is 339 g/mol. The molecule has 0 saturated heterocycles. The second-order valence-corrected chi connectivity index (χ2v) is 7.38. The molecule has 0 radical (unpaired) electrons. The van der Waals surface area contributed by atoms with Gasteiger partial charge in [-0.05, 0) is 37.0 Å². The summed E-state index contributed by atoms with van der Waals surface area (Å²) in [4.78, 5) is 10.3. The number of hydrogen-bond acceptors (Lipinski definition) is 5. The number of aromatic nitrogens is 3. The molecule has 4 rings (SSSR count). The fourth-order valence-electron chi connectivity index (χ4n) is 4.30. The molecule has 6 heteroatoms. The fraction of sp³-hybridized carbons (Fsp3) is 0.632. The molecule has 0 atom stereocenters. The normalized spacial score (nSPS) is 21.0. The van der Waals surface area contributed by atoms with Gasteiger partial charge in [-0.1, -0.05) is 55.5 Å². The Balaban J connectivity index is 1.72. The third kappa shape index (κ3) is 3.19. The van der Waals surface area contributed by atoms with E-state index in [-0.39, 0.29) is 5.54 Å². The summed E-state index contributed by atoms with van der Waals surface area (Å²) in [6.45, 7) is 0. The number of nitrogens with zero attached hydrogens (tertiary/aromatic N) is 5. The molecule has 132 valence electrons. The zero-order valence-electron chi connectivity index (χ0n) is 14.6. The maximum Gasteiger partial charge on any atom is 0.131 e. The van der Waals surface area contributed by atoms with E-state index in [1.54, 1.807) is 0 Å². The number of fused-ring (bicyclic) bond motifs is 1. The standard InChI is InChI=1S/C19H25N5O/c25-24-17-11-7-10-16(18(17)22-23-24)19(12-5-2-6-13-19)21-14-20-15-8-3-1-4-9-15/h7,10-11,15,25H,1-6,8-9,12-13H2. The Bertz CT molecular complexity index is 793. The molecule has 2 aromatic rings. The zero-order valence-corrected chi connectivity index (χ0v) is 14.6. The molecule has 25 heavy (non-hydrogen) atoms. The van der Waals surface area contributed by atoms with Crippen molar-refractivity contribution in [3.63, 3.8) is 0 Å². The van der Waals surface area contributed by atoms with Crippen molar-refractivity contribution >= 4 is 17.0 Å². The predicted octanol–water partition coefficient (Wildman–Crippen LogP) is 4.33. The molecule has 1 aromatic carbocycles. The van der Waals surface area contributed by atoms with E-state index in [0.29, 0.717) is 11.6 Å². The van der Waals surface area contributed by atoms with E-state index >= 15 is 0 Å². The lowest BCUT2D eigenvalue weighted by Gasteiger charge is -2.33. The van der Waals surface area contributed by atoms with Crippen molar-refractivity contribution in [2.24, 2.45) is 9.98 Å². The topological polar surface area (TPSA) is 75.7 Å². The molecule has 0 aliphatic heterocycles. The van der Waals surface area contributed by atoms with Gasteiger partial charge in [0, 0.05) is 5.56 Å². The van der Waals surface area contributed by atoms with E-state index in [1.165, 1.54) is 25.7 Å². The van der Waals surface area contributed by atoms with Crippen LogP contribution in [0.3, 0.4) is 0 Å². The summed E-state index contributed by atoms with van der Waals surface area (Å²) in [5.41, 5.74) is 2.06. The van der Waals surface area contributed by atoms with Crippen molar-refractivity contribution in [3.05, 3.63) is 23.8 Å². The minimum absolute atomic E-state index is 0.341. The first kappa shape index (κ1) is 16.3. The molecule has 2 saturated carbocycles. The first-order valence-corrected chi connectivity index (χ1v) is 9.49. The summed E-state index contributed by atoms with van der Waals surface area (Å²) in [6.07, 6.45) is 11.6. The summed E-state index contributed by atoms with van der Waals surface area (Å²) in [5, 5.41) is 17.8. The molecule has 6 nitrogen and oxygen atoms in total. The van der Waals surface area contributed by atoms with E-state index in [0.717, 1.165) is 54.5 Å². The molecule has 1 N–H and O–H groups in total. The maximum atomic E-state index is 9.84. The summed E-state index contributed by atoms with van der Waals surface area (Å²) < 4.78 is 0. The number of rotatable bonds is 3. The first-order chi connectivity index (χ1) is 12.3. The minimum atomic E-state index is -0.341. The molecular formula is C19H25N5O. The van der Waals surface area contributed by atoms with Crippen molar-refractivity contribution < 1.29 is 5.21 Å². The van der Waals surface area contributed by atoms with Crippen LogP contribution in [0.5, 0.6) is 0 Å². The van der Waals surface area contributed by atoms with Gasteiger partial charge >= 0.3 is 0 Å². The smallest absolute Gasteiger partial charge is 0.131 e. The average Bonchev–Trinajstić information content (AvgIpc) is 3.05. The lowest BCUT2D eigenvalue weighted by Crippen LogP contribution is -2.27. The maximum absolute atomic E-state index is 9.84. The molecule has 0 amide bonds. The van der Waals surface area contributed by atoms with Crippen molar-refractivity contribution in [1.82, 2.24) is 15.2 Å². The quantitative estimate of drug-likeness (QED) is 0.668. The Morgan fingerprint density at radius 2 is 1.84 bits per heavy atom. The Kier molecular flexibility index (Phi) is 4.53. The van der Waals surface area contributed by atoms with Gasteiger partial charge in [-0.15, -0.1) is 5.10 Å². The second-order valence-electron chi connectivity index (χ2n) is 7.38. The van der Waals surface area contributed by atoms with Crippen LogP contribution in [0.2, 0.25) is 0 Å². The van der Waals surface area contributed by atoms with Gasteiger partial charge < -0.3 is 5.21 Å². The predicted molar refractivity (Wildman–Crippen MR) is 96.2 cm³/mol. The number of hydrogen-bond donors (Lipinski definition) is 1. The minimum Gasteiger partial charge on any atom is -0.410 e. The molecule has 2 fully saturated rings. The van der Waals surface area contributed by atoms with Crippen LogP contribution in [0.25, 0.3) is 11.0 Å². The van der Waals surface area contributed by atoms with Crippen LogP contribution in [0.1, 0.15) is 69.8 Å². The van der Waals surface area contributed by atoms with E-state index in [2.05, 4.69) is 27.4 Å². The first-order valence-electron chi connectivity index (χ1n) is 9.49. The van der Waals surface area contributed by atoms with Crippen LogP contribution in [0, 0.1) is 0 Å². The summed E-state index contributed by atoms with van der Waals surface area (Å²) in [5.74, 6) is 0. The van der Waals surface area contributed by atoms with Crippen LogP contribution in [-0.4, -0.2) is 32.4 Å². The van der Waals surface area contributed by atoms with Crippen LogP contribution >= 0.6 is 0 Å². The van der Waals surface area contributed by atoms with Crippen LogP contribution in [-0.2, 0) is 5.54 Å². The highest BCUT2D eigenvalue weighted by molar-refractivity contribution is 5.79. The molecule has 1 aromatic heterocycles. The van der Waals surface area contributed by atoms with Crippen molar-refractivity contribution in [1.29, 1.82) is 0 Å². The van der Waals surface area contributed by atoms with Gasteiger partial charge in [0.15, 0.2) is 0 Å². The SMILES string of the molecule is On1nnc2c(C3(N=C=NC4CCCCC4)CCCCC3)cccc21. The van der Waals surface area contributed by atoms with E-state index in [4.69, 9.17) is 4.99 Å². The molecule has 2 aliphatic rings. The highest BCUT2D eigenvalue weighted by atomic mass is 16.5. The summed E-state index contributed by atoms with van der Waals surface area (Å²) in [7, 11) is 0. The fourth-order valence-corrected chi connectivity index (χ4v) is 4.30. The highest BCUT2D eigenvalue weighted by Crippen LogP contribution is 2.42. The average molecular weight is 339 g/mol. The van der Waals surface area contributed by atoms with Gasteiger partial charge in [0.05, 0.1) is 17.6 Å². The molecule has 0 bridgehead atoms. The van der Waals surface area contributed by atoms with E-state index in [9.17, 15) is 5.21 Å². The molecule has 2 aliphatic carbocycles. The van der Waals surface area contributed by atoms with Gasteiger partial charge in [0.25, 0.3) is 0 Å². The Morgan fingerprint density at radius 1 is 1.08 bits per heavy atom. The van der Waals surface area contributed by atoms with E-state index in [1.807, 2.05) is 12.1 Å². The van der Waals surface area contributed by atoms with Crippen LogP contribution in [0.4, 0.5) is 0 Å². The number of aliphatic imine (C=N–C) groups is 2. The Morgan fingerprint density at radius 3 is 2.64 bits per heavy atom. The lowest BCUT2D eigenvalue weighted by atomic mass is 9.76. The van der Waals surface area contributed by atoms with Crippen molar-refractivity contribution in [2.75, 3.05) is 0 Å². The summed E-state index contributed by atoms with van der Waals surface area (Å²) in [6, 6.07) is 9.28. The third-order valence-electron chi connectivity index (χ3n) is 5.72. The lowest BCUT2D eigenvalue weighted by molar-refractivity contribution is 0.155. The number of benzene rings is 1. The summed E-state index contributed by atoms with van der Waals surface area (Å²) >= 11 is 0. The Hall–Kier alpha value is -2.20. The largest absolute Gasteiger partial charge is 0.410 e. The van der Waals surface area contributed by atoms with Gasteiger partial charge in [-0.2, -0.15) is 0 Å².